The summed E-state index contributed by atoms with van der Waals surface area (Å²) in [5.41, 5.74) is -0.547. The molecule has 1 amide bonds. The lowest BCUT2D eigenvalue weighted by Crippen LogP contribution is -2.32. The highest BCUT2D eigenvalue weighted by Crippen LogP contribution is 2.12. The topological polar surface area (TPSA) is 110 Å². The molecular weight excluding hydrogens is 264 g/mol. The van der Waals surface area contributed by atoms with Gasteiger partial charge < -0.3 is 20.2 Å². The van der Waals surface area contributed by atoms with Gasteiger partial charge in [-0.15, -0.1) is 0 Å². The van der Waals surface area contributed by atoms with Crippen molar-refractivity contribution in [2.45, 2.75) is 33.3 Å². The number of rotatable bonds is 2. The molecule has 1 aromatic rings. The van der Waals surface area contributed by atoms with Crippen molar-refractivity contribution in [1.29, 1.82) is 0 Å². The number of aromatic nitrogens is 2. The van der Waals surface area contributed by atoms with Crippen LogP contribution in [0.5, 0.6) is 0 Å². The van der Waals surface area contributed by atoms with E-state index in [-0.39, 0.29) is 18.1 Å². The Balaban J connectivity index is 2.60. The van der Waals surface area contributed by atoms with Gasteiger partial charge in [0.25, 0.3) is 0 Å². The molecule has 0 saturated carbocycles. The number of alkyl carbamates (subject to hydrolysis) is 1. The predicted molar refractivity (Wildman–Crippen MR) is 71.1 cm³/mol. The van der Waals surface area contributed by atoms with Gasteiger partial charge in [-0.1, -0.05) is 5.92 Å². The van der Waals surface area contributed by atoms with Crippen molar-refractivity contribution in [2.75, 3.05) is 6.54 Å². The monoisotopic (exact) mass is 280 g/mol. The van der Waals surface area contributed by atoms with Crippen molar-refractivity contribution in [3.8, 4) is 11.8 Å². The fourth-order valence-corrected chi connectivity index (χ4v) is 1.26. The third kappa shape index (κ3) is 4.97. The number of aromatic amines is 1. The number of ether oxygens (including phenoxy) is 1. The zero-order chi connectivity index (χ0) is 15.3. The minimum absolute atomic E-state index is 0.0119. The maximum Gasteiger partial charge on any atom is 0.408 e. The molecule has 1 rings (SSSR count). The summed E-state index contributed by atoms with van der Waals surface area (Å²) >= 11 is 0. The number of nitrogens with zero attached hydrogens (tertiary/aromatic N) is 2. The van der Waals surface area contributed by atoms with Crippen LogP contribution in [-0.2, 0) is 4.74 Å². The van der Waals surface area contributed by atoms with E-state index < -0.39 is 16.6 Å². The number of carbonyl (C=O) groups is 1. The van der Waals surface area contributed by atoms with Crippen LogP contribution in [0.2, 0.25) is 0 Å². The van der Waals surface area contributed by atoms with Gasteiger partial charge in [-0.05, 0) is 31.6 Å². The van der Waals surface area contributed by atoms with E-state index in [1.807, 2.05) is 0 Å². The minimum Gasteiger partial charge on any atom is -0.444 e. The van der Waals surface area contributed by atoms with Crippen LogP contribution in [0.3, 0.4) is 0 Å². The highest BCUT2D eigenvalue weighted by atomic mass is 16.6. The first-order valence-corrected chi connectivity index (χ1v) is 5.86. The number of nitro groups is 1. The molecule has 0 bridgehead atoms. The van der Waals surface area contributed by atoms with Gasteiger partial charge in [-0.2, -0.15) is 4.98 Å². The molecule has 0 fully saturated rings. The van der Waals surface area contributed by atoms with E-state index in [4.69, 9.17) is 4.74 Å². The zero-order valence-electron chi connectivity index (χ0n) is 11.7. The Morgan fingerprint density at radius 1 is 1.55 bits per heavy atom. The highest BCUT2D eigenvalue weighted by Gasteiger charge is 2.16. The predicted octanol–water partition coefficient (Wildman–Crippen LogP) is 1.50. The molecule has 0 spiro atoms. The number of amides is 1. The van der Waals surface area contributed by atoms with Crippen LogP contribution >= 0.6 is 0 Å². The molecule has 2 N–H and O–H groups in total. The summed E-state index contributed by atoms with van der Waals surface area (Å²) in [7, 11) is 0. The third-order valence-corrected chi connectivity index (χ3v) is 1.91. The summed E-state index contributed by atoms with van der Waals surface area (Å²) in [6, 6.07) is 0. The van der Waals surface area contributed by atoms with Gasteiger partial charge >= 0.3 is 11.9 Å². The van der Waals surface area contributed by atoms with Crippen LogP contribution < -0.4 is 5.32 Å². The molecule has 0 unspecified atom stereocenters. The van der Waals surface area contributed by atoms with Crippen LogP contribution in [0.4, 0.5) is 10.6 Å². The van der Waals surface area contributed by atoms with Crippen LogP contribution in [0.25, 0.3) is 0 Å². The average Bonchev–Trinajstić information content (AvgIpc) is 2.63. The van der Waals surface area contributed by atoms with E-state index in [0.29, 0.717) is 5.82 Å². The van der Waals surface area contributed by atoms with Crippen LogP contribution in [0, 0.1) is 28.9 Å². The van der Waals surface area contributed by atoms with E-state index in [9.17, 15) is 14.9 Å². The van der Waals surface area contributed by atoms with E-state index in [2.05, 4.69) is 27.1 Å². The Kier molecular flexibility index (Phi) is 4.69. The summed E-state index contributed by atoms with van der Waals surface area (Å²) in [6.45, 7) is 6.84. The van der Waals surface area contributed by atoms with E-state index in [1.165, 1.54) is 0 Å². The second kappa shape index (κ2) is 6.06. The van der Waals surface area contributed by atoms with E-state index >= 15 is 0 Å². The lowest BCUT2D eigenvalue weighted by atomic mass is 10.2. The molecular formula is C12H16N4O4. The minimum atomic E-state index is -0.598. The molecule has 0 radical (unpaired) electrons. The highest BCUT2D eigenvalue weighted by molar-refractivity contribution is 5.68. The molecule has 108 valence electrons. The quantitative estimate of drug-likeness (QED) is 0.484. The molecule has 0 atom stereocenters. The Bertz CT molecular complexity index is 575. The Morgan fingerprint density at radius 3 is 2.75 bits per heavy atom. The van der Waals surface area contributed by atoms with Crippen molar-refractivity contribution in [2.24, 2.45) is 0 Å². The lowest BCUT2D eigenvalue weighted by molar-refractivity contribution is -0.389. The fraction of sp³-hybridized carbons (Fsp3) is 0.500. The molecule has 1 heterocycles. The number of aryl methyl sites for hydroxylation is 1. The largest absolute Gasteiger partial charge is 0.444 e. The normalized spacial score (nSPS) is 10.4. The van der Waals surface area contributed by atoms with Gasteiger partial charge in [0, 0.05) is 6.92 Å². The molecule has 0 aliphatic heterocycles. The maximum absolute atomic E-state index is 11.3. The first-order valence-electron chi connectivity index (χ1n) is 5.86. The Hall–Kier alpha value is -2.56. The average molecular weight is 280 g/mol. The Labute approximate surface area is 116 Å². The van der Waals surface area contributed by atoms with Crippen molar-refractivity contribution < 1.29 is 14.5 Å². The summed E-state index contributed by atoms with van der Waals surface area (Å²) in [6.07, 6.45) is -0.598. The van der Waals surface area contributed by atoms with Crippen molar-refractivity contribution in [1.82, 2.24) is 15.3 Å². The second-order valence-corrected chi connectivity index (χ2v) is 4.93. The molecule has 8 heteroatoms. The number of H-pyrrole nitrogens is 1. The summed E-state index contributed by atoms with van der Waals surface area (Å²) < 4.78 is 5.01. The van der Waals surface area contributed by atoms with Crippen molar-refractivity contribution in [3.63, 3.8) is 0 Å². The van der Waals surface area contributed by atoms with Crippen molar-refractivity contribution in [3.05, 3.63) is 21.6 Å². The van der Waals surface area contributed by atoms with Gasteiger partial charge in [-0.3, -0.25) is 0 Å². The van der Waals surface area contributed by atoms with Gasteiger partial charge in [0.15, 0.2) is 5.82 Å². The molecule has 0 aliphatic rings. The Morgan fingerprint density at radius 2 is 2.20 bits per heavy atom. The van der Waals surface area contributed by atoms with Gasteiger partial charge in [0.2, 0.25) is 5.69 Å². The van der Waals surface area contributed by atoms with Gasteiger partial charge in [-0.25, -0.2) is 9.78 Å². The van der Waals surface area contributed by atoms with Crippen molar-refractivity contribution >= 4 is 11.9 Å². The van der Waals surface area contributed by atoms with Crippen LogP contribution in [0.15, 0.2) is 0 Å². The first-order chi connectivity index (χ1) is 9.19. The molecule has 8 nitrogen and oxygen atoms in total. The van der Waals surface area contributed by atoms with Crippen LogP contribution in [0.1, 0.15) is 32.3 Å². The van der Waals surface area contributed by atoms with Gasteiger partial charge in [0.05, 0.1) is 6.54 Å². The number of nitrogens with one attached hydrogen (secondary N) is 2. The molecule has 20 heavy (non-hydrogen) atoms. The molecule has 0 saturated heterocycles. The number of hydrogen-bond donors (Lipinski definition) is 2. The first kappa shape index (κ1) is 15.5. The molecule has 0 aromatic carbocycles. The standard InChI is InChI=1S/C12H16N4O4/c1-8-14-9(10(15-8)16(18)19)6-5-7-13-11(17)20-12(2,3)4/h7H2,1-4H3,(H,13,17)(H,14,15). The second-order valence-electron chi connectivity index (χ2n) is 4.93. The SMILES string of the molecule is Cc1nc(C#CCNC(=O)OC(C)(C)C)c([N+](=O)[O-])[nH]1. The van der Waals surface area contributed by atoms with E-state index in [1.54, 1.807) is 27.7 Å². The lowest BCUT2D eigenvalue weighted by Gasteiger charge is -2.18. The fourth-order valence-electron chi connectivity index (χ4n) is 1.26. The third-order valence-electron chi connectivity index (χ3n) is 1.91. The summed E-state index contributed by atoms with van der Waals surface area (Å²) in [5, 5.41) is 13.1. The van der Waals surface area contributed by atoms with Gasteiger partial charge in [0.1, 0.15) is 5.60 Å². The molecule has 1 aromatic heterocycles. The number of imidazole rings is 1. The maximum atomic E-state index is 11.3. The number of carbonyl (C=O) groups excluding carboxylic acids is 1. The number of hydrogen-bond acceptors (Lipinski definition) is 5. The smallest absolute Gasteiger partial charge is 0.408 e. The molecule has 0 aliphatic carbocycles. The van der Waals surface area contributed by atoms with E-state index in [0.717, 1.165) is 0 Å². The summed E-state index contributed by atoms with van der Waals surface area (Å²) in [4.78, 5) is 27.8. The zero-order valence-corrected chi connectivity index (χ0v) is 11.7. The van der Waals surface area contributed by atoms with Crippen LogP contribution in [-0.4, -0.2) is 33.1 Å². The summed E-state index contributed by atoms with van der Waals surface area (Å²) in [5.74, 6) is 5.25.